The number of unbranched alkanes of at least 4 members (excludes halogenated alkanes) is 6. The number of amides is 6. The lowest BCUT2D eigenvalue weighted by molar-refractivity contribution is -0.140. The number of hydrogen-bond donors (Lipinski definition) is 2. The summed E-state index contributed by atoms with van der Waals surface area (Å²) in [5.41, 5.74) is 0. The molecule has 0 bridgehead atoms. The Bertz CT molecular complexity index is 1410. The second kappa shape index (κ2) is 45.5. The van der Waals surface area contributed by atoms with E-state index in [9.17, 15) is 28.8 Å². The van der Waals surface area contributed by atoms with Crippen LogP contribution in [0.15, 0.2) is 0 Å². The van der Waals surface area contributed by atoms with Crippen molar-refractivity contribution in [1.82, 2.24) is 25.3 Å². The molecule has 2 saturated heterocycles. The molecule has 0 aromatic carbocycles. The van der Waals surface area contributed by atoms with E-state index in [-0.39, 0.29) is 96.9 Å². The molecule has 0 aliphatic carbocycles. The number of hydrogen-bond acceptors (Lipinski definition) is 19. The van der Waals surface area contributed by atoms with Crippen molar-refractivity contribution < 1.29 is 76.1 Å². The first-order valence-electron chi connectivity index (χ1n) is 26.7. The predicted molar refractivity (Wildman–Crippen MR) is 284 cm³/mol. The molecule has 2 aliphatic rings. The molecule has 6 amide bonds. The Hall–Kier alpha value is -2.52. The molecule has 2 N–H and O–H groups in total. The van der Waals surface area contributed by atoms with Crippen LogP contribution in [-0.2, 0) is 76.1 Å². The standard InChI is InChI=1S/C51H93N5O16S2/c1-54(20-10-6-8-12-34-73-44-36-48(59)55(50(44)61)22-16-46(57)52-18-14-24-67-38-42(71-32-28-65-4)40-69-30-26-63-2)21-11-7-9-13-35-74-45-37-49(60)56(51(45)62)23-17-47(58)53-19-15-25-68-39-43(72-33-29-66-5)41-70-31-27-64-3/h42-45H,6-41H2,1-5H3,(H,52,57)(H,53,58). The number of nitrogens with zero attached hydrogens (tertiary/aromatic N) is 3. The highest BCUT2D eigenvalue weighted by Crippen LogP contribution is 2.28. The lowest BCUT2D eigenvalue weighted by Gasteiger charge is -2.18. The zero-order valence-electron chi connectivity index (χ0n) is 45.5. The minimum absolute atomic E-state index is 0.0695. The second-order valence-electron chi connectivity index (χ2n) is 18.2. The Morgan fingerprint density at radius 1 is 0.514 bits per heavy atom. The van der Waals surface area contributed by atoms with Gasteiger partial charge in [0.1, 0.15) is 12.2 Å². The van der Waals surface area contributed by atoms with E-state index in [0.717, 1.165) is 76.0 Å². The molecule has 0 spiro atoms. The number of methoxy groups -OCH3 is 4. The van der Waals surface area contributed by atoms with Crippen LogP contribution in [0.5, 0.6) is 0 Å². The van der Waals surface area contributed by atoms with Crippen LogP contribution in [0.1, 0.15) is 89.9 Å². The lowest BCUT2D eigenvalue weighted by atomic mass is 10.2. The maximum Gasteiger partial charge on any atom is 0.242 e. The second-order valence-corrected chi connectivity index (χ2v) is 20.8. The Morgan fingerprint density at radius 3 is 1.27 bits per heavy atom. The van der Waals surface area contributed by atoms with Crippen molar-refractivity contribution in [3.63, 3.8) is 0 Å². The molecule has 2 aliphatic heterocycles. The van der Waals surface area contributed by atoms with Crippen LogP contribution in [0.4, 0.5) is 0 Å². The largest absolute Gasteiger partial charge is 0.382 e. The summed E-state index contributed by atoms with van der Waals surface area (Å²) in [6, 6.07) is 0. The molecule has 4 atom stereocenters. The number of carbonyl (C=O) groups excluding carboxylic acids is 6. The fraction of sp³-hybridized carbons (Fsp3) is 0.882. The van der Waals surface area contributed by atoms with Gasteiger partial charge in [0.05, 0.1) is 89.8 Å². The maximum atomic E-state index is 13.0. The third-order valence-corrected chi connectivity index (χ3v) is 14.6. The SMILES string of the molecule is COCCOCC(COCCCNC(=O)CCN1C(=O)CC(SCCCCCCN(C)CCCCCCSC2CC(=O)N(CCC(=O)NCCCOCC(COCCOC)OCCOC)C2=O)C1=O)OCCOC. The molecule has 2 rings (SSSR count). The number of thioether (sulfide) groups is 2. The highest BCUT2D eigenvalue weighted by molar-refractivity contribution is 8.00. The summed E-state index contributed by atoms with van der Waals surface area (Å²) in [5.74, 6) is 0.399. The van der Waals surface area contributed by atoms with Crippen LogP contribution in [0.2, 0.25) is 0 Å². The van der Waals surface area contributed by atoms with Gasteiger partial charge in [-0.1, -0.05) is 25.7 Å². The summed E-state index contributed by atoms with van der Waals surface area (Å²) in [7, 11) is 8.61. The van der Waals surface area contributed by atoms with E-state index in [1.165, 1.54) is 9.80 Å². The highest BCUT2D eigenvalue weighted by atomic mass is 32.2. The summed E-state index contributed by atoms with van der Waals surface area (Å²) in [5, 5.41) is 4.93. The first-order valence-corrected chi connectivity index (χ1v) is 28.8. The van der Waals surface area contributed by atoms with Gasteiger partial charge in [0, 0.05) is 93.5 Å². The fourth-order valence-electron chi connectivity index (χ4n) is 7.71. The molecule has 0 aromatic rings. The Labute approximate surface area is 450 Å². The van der Waals surface area contributed by atoms with E-state index < -0.39 is 0 Å². The normalized spacial score (nSPS) is 16.8. The molecular formula is C51H93N5O16S2. The molecule has 21 nitrogen and oxygen atoms in total. The molecule has 2 heterocycles. The summed E-state index contributed by atoms with van der Waals surface area (Å²) in [6.07, 6.45) is 9.75. The van der Waals surface area contributed by atoms with E-state index in [2.05, 4.69) is 22.6 Å². The van der Waals surface area contributed by atoms with Gasteiger partial charge in [-0.3, -0.25) is 38.6 Å². The topological polar surface area (TPSA) is 228 Å². The molecule has 0 aromatic heterocycles. The average Bonchev–Trinajstić information content (AvgIpc) is 3.82. The highest BCUT2D eigenvalue weighted by Gasteiger charge is 2.39. The summed E-state index contributed by atoms with van der Waals surface area (Å²) in [4.78, 5) is 80.9. The molecule has 23 heteroatoms. The zero-order chi connectivity index (χ0) is 53.9. The van der Waals surface area contributed by atoms with Crippen LogP contribution < -0.4 is 10.6 Å². The molecule has 430 valence electrons. The maximum absolute atomic E-state index is 13.0. The molecule has 0 radical (unpaired) electrons. The predicted octanol–water partition coefficient (Wildman–Crippen LogP) is 2.98. The van der Waals surface area contributed by atoms with E-state index in [1.54, 1.807) is 52.0 Å². The Kier molecular flexibility index (Phi) is 41.6. The molecular weight excluding hydrogens is 1000 g/mol. The van der Waals surface area contributed by atoms with Crippen molar-refractivity contribution in [3.05, 3.63) is 0 Å². The quantitative estimate of drug-likeness (QED) is 0.0659. The minimum Gasteiger partial charge on any atom is -0.382 e. The van der Waals surface area contributed by atoms with E-state index >= 15 is 0 Å². The van der Waals surface area contributed by atoms with E-state index in [0.29, 0.717) is 118 Å². The van der Waals surface area contributed by atoms with E-state index in [1.807, 2.05) is 0 Å². The van der Waals surface area contributed by atoms with Crippen LogP contribution >= 0.6 is 23.5 Å². The third kappa shape index (κ3) is 32.9. The molecule has 4 unspecified atom stereocenters. The number of likely N-dealkylation sites (tertiary alicyclic amines) is 2. The summed E-state index contributed by atoms with van der Waals surface area (Å²) >= 11 is 3.09. The van der Waals surface area contributed by atoms with Gasteiger partial charge >= 0.3 is 0 Å². The number of ether oxygens (including phenoxy) is 10. The van der Waals surface area contributed by atoms with E-state index in [4.69, 9.17) is 47.4 Å². The van der Waals surface area contributed by atoms with Gasteiger partial charge in [0.2, 0.25) is 35.4 Å². The van der Waals surface area contributed by atoms with Crippen molar-refractivity contribution in [1.29, 1.82) is 0 Å². The van der Waals surface area contributed by atoms with Gasteiger partial charge in [-0.25, -0.2) is 0 Å². The summed E-state index contributed by atoms with van der Waals surface area (Å²) < 4.78 is 54.2. The Morgan fingerprint density at radius 2 is 0.878 bits per heavy atom. The first kappa shape index (κ1) is 67.6. The van der Waals surface area contributed by atoms with Crippen molar-refractivity contribution in [2.75, 3.05) is 179 Å². The van der Waals surface area contributed by atoms with Gasteiger partial charge in [-0.2, -0.15) is 0 Å². The molecule has 2 fully saturated rings. The van der Waals surface area contributed by atoms with Gasteiger partial charge < -0.3 is 62.9 Å². The first-order chi connectivity index (χ1) is 36.0. The van der Waals surface area contributed by atoms with Crippen LogP contribution in [-0.4, -0.2) is 252 Å². The van der Waals surface area contributed by atoms with Crippen molar-refractivity contribution in [2.45, 2.75) is 113 Å². The Balaban J connectivity index is 1.44. The number of carbonyl (C=O) groups is 6. The average molecular weight is 1100 g/mol. The molecule has 0 saturated carbocycles. The zero-order valence-corrected chi connectivity index (χ0v) is 47.1. The van der Waals surface area contributed by atoms with Crippen molar-refractivity contribution >= 4 is 59.0 Å². The molecule has 74 heavy (non-hydrogen) atoms. The number of imide groups is 2. The fourth-order valence-corrected chi connectivity index (χ4v) is 10.1. The minimum atomic E-state index is -0.378. The monoisotopic (exact) mass is 1100 g/mol. The number of rotatable bonds is 52. The van der Waals surface area contributed by atoms with Crippen LogP contribution in [0.3, 0.4) is 0 Å². The van der Waals surface area contributed by atoms with Crippen molar-refractivity contribution in [2.24, 2.45) is 0 Å². The summed E-state index contributed by atoms with van der Waals surface area (Å²) in [6.45, 7) is 9.12. The number of nitrogens with one attached hydrogen (secondary N) is 2. The van der Waals surface area contributed by atoms with Gasteiger partial charge in [-0.05, 0) is 70.2 Å². The third-order valence-electron chi connectivity index (χ3n) is 12.0. The smallest absolute Gasteiger partial charge is 0.242 e. The van der Waals surface area contributed by atoms with Gasteiger partial charge in [0.15, 0.2) is 0 Å². The van der Waals surface area contributed by atoms with Gasteiger partial charge in [0.25, 0.3) is 0 Å². The van der Waals surface area contributed by atoms with Crippen molar-refractivity contribution in [3.8, 4) is 0 Å². The van der Waals surface area contributed by atoms with Crippen LogP contribution in [0, 0.1) is 0 Å². The van der Waals surface area contributed by atoms with Gasteiger partial charge in [-0.15, -0.1) is 23.5 Å². The lowest BCUT2D eigenvalue weighted by Crippen LogP contribution is -2.36. The van der Waals surface area contributed by atoms with Crippen LogP contribution in [0.25, 0.3) is 0 Å².